The molecular weight excluding hydrogens is 342 g/mol. The highest BCUT2D eigenvalue weighted by atomic mass is 16.3. The normalized spacial score (nSPS) is 18.7. The molecule has 0 saturated carbocycles. The van der Waals surface area contributed by atoms with Gasteiger partial charge in [-0.2, -0.15) is 5.10 Å². The number of nitrogens with zero attached hydrogens (tertiary/aromatic N) is 3. The maximum atomic E-state index is 13.1. The molecule has 0 fully saturated rings. The summed E-state index contributed by atoms with van der Waals surface area (Å²) in [4.78, 5) is 15.3. The fourth-order valence-corrected chi connectivity index (χ4v) is 3.84. The number of hydrogen-bond acceptors (Lipinski definition) is 5. The van der Waals surface area contributed by atoms with Crippen LogP contribution in [-0.2, 0) is 11.2 Å². The molecule has 2 aliphatic rings. The van der Waals surface area contributed by atoms with Gasteiger partial charge in [-0.25, -0.2) is 5.01 Å². The van der Waals surface area contributed by atoms with E-state index >= 15 is 0 Å². The van der Waals surface area contributed by atoms with Crippen molar-refractivity contribution in [2.24, 2.45) is 5.10 Å². The average molecular weight is 361 g/mol. The lowest BCUT2D eigenvalue weighted by molar-refractivity contribution is -0.131. The van der Waals surface area contributed by atoms with Gasteiger partial charge >= 0.3 is 0 Å². The van der Waals surface area contributed by atoms with E-state index in [-0.39, 0.29) is 11.9 Å². The maximum absolute atomic E-state index is 13.1. The fourth-order valence-electron chi connectivity index (χ4n) is 3.84. The lowest BCUT2D eigenvalue weighted by Gasteiger charge is -2.24. The van der Waals surface area contributed by atoms with E-state index in [2.05, 4.69) is 22.1 Å². The van der Waals surface area contributed by atoms with Crippen molar-refractivity contribution in [2.45, 2.75) is 18.9 Å². The van der Waals surface area contributed by atoms with Gasteiger partial charge in [0.1, 0.15) is 23.3 Å². The van der Waals surface area contributed by atoms with Gasteiger partial charge in [0.15, 0.2) is 0 Å². The molecule has 0 bridgehead atoms. The number of rotatable bonds is 4. The molecule has 27 heavy (non-hydrogen) atoms. The molecule has 1 aromatic carbocycles. The average Bonchev–Trinajstić information content (AvgIpc) is 3.47. The summed E-state index contributed by atoms with van der Waals surface area (Å²) >= 11 is 0. The molecule has 2 aromatic heterocycles. The lowest BCUT2D eigenvalue weighted by Crippen LogP contribution is -2.37. The van der Waals surface area contributed by atoms with Crippen LogP contribution < -0.4 is 4.90 Å². The lowest BCUT2D eigenvalue weighted by atomic mass is 10.1. The summed E-state index contributed by atoms with van der Waals surface area (Å²) < 4.78 is 11.1. The number of anilines is 1. The van der Waals surface area contributed by atoms with E-state index in [1.165, 1.54) is 5.56 Å². The van der Waals surface area contributed by atoms with Crippen molar-refractivity contribution in [3.63, 3.8) is 0 Å². The molecule has 2 aliphatic heterocycles. The van der Waals surface area contributed by atoms with Gasteiger partial charge in [-0.15, -0.1) is 0 Å². The van der Waals surface area contributed by atoms with E-state index in [4.69, 9.17) is 8.83 Å². The molecule has 0 spiro atoms. The van der Waals surface area contributed by atoms with Crippen LogP contribution in [0, 0.1) is 0 Å². The van der Waals surface area contributed by atoms with E-state index in [1.54, 1.807) is 17.5 Å². The Morgan fingerprint density at radius 2 is 1.93 bits per heavy atom. The molecular formula is C21H19N3O3. The summed E-state index contributed by atoms with van der Waals surface area (Å²) in [6, 6.07) is 15.4. The minimum atomic E-state index is -0.245. The van der Waals surface area contributed by atoms with Crippen molar-refractivity contribution in [3.05, 3.63) is 78.1 Å². The molecule has 4 heterocycles. The molecule has 0 radical (unpaired) electrons. The Hall–Kier alpha value is -3.28. The van der Waals surface area contributed by atoms with Crippen LogP contribution in [0.1, 0.15) is 29.5 Å². The number of para-hydroxylation sites is 1. The first-order valence-corrected chi connectivity index (χ1v) is 9.09. The predicted octanol–water partition coefficient (Wildman–Crippen LogP) is 3.61. The van der Waals surface area contributed by atoms with Crippen LogP contribution >= 0.6 is 0 Å². The molecule has 5 rings (SSSR count). The summed E-state index contributed by atoms with van der Waals surface area (Å²) in [6.07, 6.45) is 4.78. The molecule has 136 valence electrons. The van der Waals surface area contributed by atoms with Gasteiger partial charge in [0.25, 0.3) is 5.91 Å². The first-order chi connectivity index (χ1) is 13.3. The third kappa shape index (κ3) is 2.83. The molecule has 1 atom stereocenters. The molecule has 3 aromatic rings. The van der Waals surface area contributed by atoms with Crippen molar-refractivity contribution in [2.75, 3.05) is 18.0 Å². The SMILES string of the molecule is O=C(CN1CCc2ccccc21)N1N=C(c2ccco2)C[C@H]1c1ccco1. The highest BCUT2D eigenvalue weighted by Gasteiger charge is 2.36. The van der Waals surface area contributed by atoms with Crippen LogP contribution in [0.15, 0.2) is 75.0 Å². The number of carbonyl (C=O) groups is 1. The van der Waals surface area contributed by atoms with Gasteiger partial charge in [-0.05, 0) is 42.3 Å². The van der Waals surface area contributed by atoms with Gasteiger partial charge in [0.05, 0.1) is 19.1 Å². The van der Waals surface area contributed by atoms with Crippen LogP contribution in [0.3, 0.4) is 0 Å². The summed E-state index contributed by atoms with van der Waals surface area (Å²) in [5.74, 6) is 1.37. The minimum Gasteiger partial charge on any atom is -0.467 e. The zero-order valence-corrected chi connectivity index (χ0v) is 14.7. The van der Waals surface area contributed by atoms with Gasteiger partial charge in [0.2, 0.25) is 0 Å². The predicted molar refractivity (Wildman–Crippen MR) is 101 cm³/mol. The second-order valence-electron chi connectivity index (χ2n) is 6.80. The Bertz CT molecular complexity index is 976. The largest absolute Gasteiger partial charge is 0.467 e. The van der Waals surface area contributed by atoms with E-state index in [1.807, 2.05) is 36.4 Å². The zero-order chi connectivity index (χ0) is 18.2. The number of carbonyl (C=O) groups excluding carboxylic acids is 1. The number of benzene rings is 1. The van der Waals surface area contributed by atoms with Crippen LogP contribution in [0.4, 0.5) is 5.69 Å². The molecule has 0 unspecified atom stereocenters. The highest BCUT2D eigenvalue weighted by molar-refractivity contribution is 6.01. The third-order valence-electron chi connectivity index (χ3n) is 5.15. The molecule has 1 amide bonds. The van der Waals surface area contributed by atoms with Crippen LogP contribution in [0.5, 0.6) is 0 Å². The smallest absolute Gasteiger partial charge is 0.262 e. The number of amides is 1. The van der Waals surface area contributed by atoms with E-state index < -0.39 is 0 Å². The van der Waals surface area contributed by atoms with Crippen molar-refractivity contribution in [1.29, 1.82) is 0 Å². The first-order valence-electron chi connectivity index (χ1n) is 9.09. The van der Waals surface area contributed by atoms with Crippen LogP contribution in [0.25, 0.3) is 0 Å². The number of hydrazone groups is 1. The molecule has 0 aliphatic carbocycles. The Morgan fingerprint density at radius 1 is 1.07 bits per heavy atom. The van der Waals surface area contributed by atoms with Gasteiger partial charge in [-0.3, -0.25) is 4.79 Å². The quantitative estimate of drug-likeness (QED) is 0.712. The molecule has 0 N–H and O–H groups in total. The molecule has 6 nitrogen and oxygen atoms in total. The summed E-state index contributed by atoms with van der Waals surface area (Å²) in [5, 5.41) is 6.14. The van der Waals surface area contributed by atoms with Crippen molar-refractivity contribution in [1.82, 2.24) is 5.01 Å². The van der Waals surface area contributed by atoms with Gasteiger partial charge in [0, 0.05) is 18.7 Å². The standard InChI is InChI=1S/C21H19N3O3/c25-21(14-23-10-9-15-5-1-2-6-17(15)23)24-18(20-8-4-12-27-20)13-16(22-24)19-7-3-11-26-19/h1-8,11-12,18H,9-10,13-14H2/t18-/m0/s1. The Balaban J connectivity index is 1.41. The van der Waals surface area contributed by atoms with Crippen molar-refractivity contribution < 1.29 is 13.6 Å². The number of hydrogen-bond donors (Lipinski definition) is 0. The topological polar surface area (TPSA) is 62.2 Å². The third-order valence-corrected chi connectivity index (χ3v) is 5.15. The monoisotopic (exact) mass is 361 g/mol. The maximum Gasteiger partial charge on any atom is 0.262 e. The Morgan fingerprint density at radius 3 is 2.74 bits per heavy atom. The minimum absolute atomic E-state index is 0.0466. The van der Waals surface area contributed by atoms with Crippen molar-refractivity contribution >= 4 is 17.3 Å². The number of fused-ring (bicyclic) bond motifs is 1. The summed E-state index contributed by atoms with van der Waals surface area (Å²) in [6.45, 7) is 1.14. The molecule has 0 saturated heterocycles. The second kappa shape index (κ2) is 6.46. The second-order valence-corrected chi connectivity index (χ2v) is 6.80. The van der Waals surface area contributed by atoms with Gasteiger partial charge < -0.3 is 13.7 Å². The van der Waals surface area contributed by atoms with E-state index in [0.717, 1.165) is 30.1 Å². The van der Waals surface area contributed by atoms with E-state index in [9.17, 15) is 4.79 Å². The van der Waals surface area contributed by atoms with E-state index in [0.29, 0.717) is 18.7 Å². The van der Waals surface area contributed by atoms with Crippen LogP contribution in [0.2, 0.25) is 0 Å². The highest BCUT2D eigenvalue weighted by Crippen LogP contribution is 2.34. The first kappa shape index (κ1) is 15.9. The summed E-state index contributed by atoms with van der Waals surface area (Å²) in [5.41, 5.74) is 3.18. The Kier molecular flexibility index (Phi) is 3.81. The Labute approximate surface area is 156 Å². The summed E-state index contributed by atoms with van der Waals surface area (Å²) in [7, 11) is 0. The van der Waals surface area contributed by atoms with Crippen molar-refractivity contribution in [3.8, 4) is 0 Å². The zero-order valence-electron chi connectivity index (χ0n) is 14.7. The van der Waals surface area contributed by atoms with Crippen LogP contribution in [-0.4, -0.2) is 29.7 Å². The van der Waals surface area contributed by atoms with Gasteiger partial charge in [-0.1, -0.05) is 18.2 Å². The fraction of sp³-hybridized carbons (Fsp3) is 0.238. The number of furan rings is 2. The molecule has 6 heteroatoms.